The predicted octanol–water partition coefficient (Wildman–Crippen LogP) is 7.40. The molecular weight excluding hydrogens is 481 g/mol. The van der Waals surface area contributed by atoms with Crippen LogP contribution in [0.3, 0.4) is 0 Å². The van der Waals surface area contributed by atoms with Crippen LogP contribution >= 0.6 is 15.9 Å². The molecule has 4 aliphatic carbocycles. The van der Waals surface area contributed by atoms with E-state index in [9.17, 15) is 4.39 Å². The molecular formula is C28H35BrFNO2. The summed E-state index contributed by atoms with van der Waals surface area (Å²) in [7, 11) is 0. The highest BCUT2D eigenvalue weighted by Gasteiger charge is 2.59. The van der Waals surface area contributed by atoms with Crippen molar-refractivity contribution < 1.29 is 13.9 Å². The molecule has 2 unspecified atom stereocenters. The Morgan fingerprint density at radius 1 is 0.970 bits per heavy atom. The number of benzene rings is 2. The van der Waals surface area contributed by atoms with Gasteiger partial charge in [-0.3, -0.25) is 0 Å². The van der Waals surface area contributed by atoms with Gasteiger partial charge in [-0.2, -0.15) is 0 Å². The van der Waals surface area contributed by atoms with E-state index in [0.717, 1.165) is 28.2 Å². The Balaban J connectivity index is 1.31. The van der Waals surface area contributed by atoms with E-state index in [4.69, 9.17) is 9.47 Å². The molecule has 2 atom stereocenters. The van der Waals surface area contributed by atoms with Crippen molar-refractivity contribution in [1.29, 1.82) is 0 Å². The summed E-state index contributed by atoms with van der Waals surface area (Å²) in [6, 6.07) is 10.6. The first-order valence-electron chi connectivity index (χ1n) is 12.3. The highest BCUT2D eigenvalue weighted by molar-refractivity contribution is 9.10. The minimum atomic E-state index is -0.242. The van der Waals surface area contributed by atoms with Crippen molar-refractivity contribution in [2.24, 2.45) is 16.7 Å². The van der Waals surface area contributed by atoms with Crippen molar-refractivity contribution in [2.75, 3.05) is 6.61 Å². The zero-order chi connectivity index (χ0) is 23.3. The van der Waals surface area contributed by atoms with Gasteiger partial charge in [0.2, 0.25) is 0 Å². The average Bonchev–Trinajstić information content (AvgIpc) is 2.71. The zero-order valence-corrected chi connectivity index (χ0v) is 21.6. The van der Waals surface area contributed by atoms with Crippen LogP contribution in [0.2, 0.25) is 0 Å². The molecule has 0 spiro atoms. The number of ether oxygens (including phenoxy) is 2. The molecule has 1 N–H and O–H groups in total. The summed E-state index contributed by atoms with van der Waals surface area (Å²) >= 11 is 3.71. The lowest BCUT2D eigenvalue weighted by Crippen LogP contribution is -2.63. The topological polar surface area (TPSA) is 30.5 Å². The number of halogens is 2. The maximum absolute atomic E-state index is 13.2. The smallest absolute Gasteiger partial charge is 0.175 e. The lowest BCUT2D eigenvalue weighted by atomic mass is 9.43. The van der Waals surface area contributed by atoms with E-state index in [-0.39, 0.29) is 11.4 Å². The van der Waals surface area contributed by atoms with Crippen molar-refractivity contribution in [3.63, 3.8) is 0 Å². The number of nitrogens with one attached hydrogen (secondary N) is 1. The van der Waals surface area contributed by atoms with E-state index in [1.165, 1.54) is 56.2 Å². The molecule has 0 amide bonds. The molecule has 178 valence electrons. The van der Waals surface area contributed by atoms with Gasteiger partial charge in [0.15, 0.2) is 11.5 Å². The first-order chi connectivity index (χ1) is 15.7. The largest absolute Gasteiger partial charge is 0.490 e. The summed E-state index contributed by atoms with van der Waals surface area (Å²) in [4.78, 5) is 0. The van der Waals surface area contributed by atoms with Gasteiger partial charge in [0.1, 0.15) is 12.4 Å². The number of rotatable bonds is 8. The molecule has 33 heavy (non-hydrogen) atoms. The molecule has 4 aliphatic rings. The molecule has 6 rings (SSSR count). The van der Waals surface area contributed by atoms with Crippen LogP contribution in [0.15, 0.2) is 40.9 Å². The predicted molar refractivity (Wildman–Crippen MR) is 133 cm³/mol. The normalized spacial score (nSPS) is 32.2. The summed E-state index contributed by atoms with van der Waals surface area (Å²) in [6.07, 6.45) is 8.11. The standard InChI is InChI=1S/C28H35BrFNO2/c1-4-32-24-10-20(9-23(29)25(24)33-15-19-5-7-22(30)8-6-19)14-31-28-13-21-11-26(2,17-28)16-27(3,12-21)18-28/h5-10,21,31H,4,11-18H2,1-3H3. The second-order valence-electron chi connectivity index (χ2n) is 11.5. The van der Waals surface area contributed by atoms with E-state index in [1.807, 2.05) is 6.92 Å². The summed E-state index contributed by atoms with van der Waals surface area (Å²) in [5, 5.41) is 4.02. The number of hydrogen-bond donors (Lipinski definition) is 1. The van der Waals surface area contributed by atoms with Gasteiger partial charge in [0, 0.05) is 12.1 Å². The second-order valence-corrected chi connectivity index (χ2v) is 12.4. The Labute approximate surface area is 205 Å². The molecule has 0 radical (unpaired) electrons. The van der Waals surface area contributed by atoms with Gasteiger partial charge in [0.05, 0.1) is 11.1 Å². The minimum Gasteiger partial charge on any atom is -0.490 e. The average molecular weight is 516 g/mol. The van der Waals surface area contributed by atoms with Gasteiger partial charge in [-0.25, -0.2) is 4.39 Å². The molecule has 0 saturated heterocycles. The maximum Gasteiger partial charge on any atom is 0.175 e. The third-order valence-electron chi connectivity index (χ3n) is 7.96. The van der Waals surface area contributed by atoms with Crippen molar-refractivity contribution >= 4 is 15.9 Å². The van der Waals surface area contributed by atoms with Crippen LogP contribution in [-0.2, 0) is 13.2 Å². The fourth-order valence-corrected chi connectivity index (χ4v) is 8.40. The molecule has 0 aromatic heterocycles. The van der Waals surface area contributed by atoms with Crippen molar-refractivity contribution in [1.82, 2.24) is 5.32 Å². The lowest BCUT2D eigenvalue weighted by Gasteiger charge is -2.65. The summed E-state index contributed by atoms with van der Waals surface area (Å²) in [6.45, 7) is 8.78. The van der Waals surface area contributed by atoms with Crippen molar-refractivity contribution in [2.45, 2.75) is 78.0 Å². The van der Waals surface area contributed by atoms with Gasteiger partial charge >= 0.3 is 0 Å². The zero-order valence-electron chi connectivity index (χ0n) is 20.0. The molecule has 2 aromatic carbocycles. The van der Waals surface area contributed by atoms with Crippen LogP contribution in [0, 0.1) is 22.6 Å². The van der Waals surface area contributed by atoms with Crippen LogP contribution < -0.4 is 14.8 Å². The summed E-state index contributed by atoms with van der Waals surface area (Å²) in [5.41, 5.74) is 3.37. The monoisotopic (exact) mass is 515 g/mol. The second kappa shape index (κ2) is 8.57. The van der Waals surface area contributed by atoms with Gasteiger partial charge in [-0.1, -0.05) is 26.0 Å². The number of hydrogen-bond acceptors (Lipinski definition) is 3. The third-order valence-corrected chi connectivity index (χ3v) is 8.55. The van der Waals surface area contributed by atoms with Crippen LogP contribution in [0.1, 0.15) is 70.4 Å². The quantitative estimate of drug-likeness (QED) is 0.397. The lowest BCUT2D eigenvalue weighted by molar-refractivity contribution is -0.118. The molecule has 4 bridgehead atoms. The van der Waals surface area contributed by atoms with Gasteiger partial charge in [0.25, 0.3) is 0 Å². The Kier molecular flexibility index (Phi) is 6.01. The summed E-state index contributed by atoms with van der Waals surface area (Å²) in [5.74, 6) is 2.07. The first kappa shape index (κ1) is 23.2. The molecule has 4 saturated carbocycles. The maximum atomic E-state index is 13.2. The van der Waals surface area contributed by atoms with Gasteiger partial charge in [-0.05, 0) is 114 Å². The fourth-order valence-electron chi connectivity index (χ4n) is 7.80. The Bertz CT molecular complexity index is 1010. The van der Waals surface area contributed by atoms with Crippen LogP contribution in [0.4, 0.5) is 4.39 Å². The molecule has 4 fully saturated rings. The molecule has 0 heterocycles. The summed E-state index contributed by atoms with van der Waals surface area (Å²) < 4.78 is 26.1. The van der Waals surface area contributed by atoms with E-state index in [2.05, 4.69) is 47.2 Å². The molecule has 5 heteroatoms. The molecule has 0 aliphatic heterocycles. The van der Waals surface area contributed by atoms with Crippen molar-refractivity contribution in [3.05, 3.63) is 57.8 Å². The molecule has 3 nitrogen and oxygen atoms in total. The third kappa shape index (κ3) is 4.81. The van der Waals surface area contributed by atoms with Crippen LogP contribution in [0.25, 0.3) is 0 Å². The van der Waals surface area contributed by atoms with E-state index in [0.29, 0.717) is 29.8 Å². The Hall–Kier alpha value is -1.59. The van der Waals surface area contributed by atoms with Crippen LogP contribution in [-0.4, -0.2) is 12.1 Å². The van der Waals surface area contributed by atoms with Crippen LogP contribution in [0.5, 0.6) is 11.5 Å². The molecule has 2 aromatic rings. The van der Waals surface area contributed by atoms with E-state index < -0.39 is 0 Å². The van der Waals surface area contributed by atoms with E-state index in [1.54, 1.807) is 12.1 Å². The Morgan fingerprint density at radius 3 is 2.30 bits per heavy atom. The fraction of sp³-hybridized carbons (Fsp3) is 0.571. The Morgan fingerprint density at radius 2 is 1.67 bits per heavy atom. The van der Waals surface area contributed by atoms with Gasteiger partial charge < -0.3 is 14.8 Å². The minimum absolute atomic E-state index is 0.242. The highest BCUT2D eigenvalue weighted by Crippen LogP contribution is 2.66. The van der Waals surface area contributed by atoms with E-state index >= 15 is 0 Å². The van der Waals surface area contributed by atoms with Crippen molar-refractivity contribution in [3.8, 4) is 11.5 Å². The first-order valence-corrected chi connectivity index (χ1v) is 13.1. The SMILES string of the molecule is CCOc1cc(CNC23CC4CC(C)(CC(C)(C4)C2)C3)cc(Br)c1OCc1ccc(F)cc1. The van der Waals surface area contributed by atoms with Gasteiger partial charge in [-0.15, -0.1) is 0 Å². The highest BCUT2D eigenvalue weighted by atomic mass is 79.9.